The van der Waals surface area contributed by atoms with E-state index in [2.05, 4.69) is 0 Å². The first-order valence-corrected chi connectivity index (χ1v) is 9.34. The molecular weight excluding hydrogens is 326 g/mol. The molecule has 0 aliphatic carbocycles. The van der Waals surface area contributed by atoms with Crippen molar-refractivity contribution < 1.29 is 13.2 Å². The highest BCUT2D eigenvalue weighted by Crippen LogP contribution is 2.17. The van der Waals surface area contributed by atoms with Crippen LogP contribution in [0.4, 0.5) is 0 Å². The molecule has 0 bridgehead atoms. The normalized spacial score (nSPS) is 17.0. The largest absolute Gasteiger partial charge is 0.348 e. The second-order valence-electron chi connectivity index (χ2n) is 5.92. The van der Waals surface area contributed by atoms with Crippen LogP contribution in [-0.4, -0.2) is 60.7 Å². The maximum Gasteiger partial charge on any atom is 0.243 e. The fourth-order valence-corrected chi connectivity index (χ4v) is 4.35. The van der Waals surface area contributed by atoms with Crippen LogP contribution >= 0.6 is 0 Å². The lowest BCUT2D eigenvalue weighted by Gasteiger charge is -2.33. The zero-order chi connectivity index (χ0) is 17.2. The van der Waals surface area contributed by atoms with E-state index in [-0.39, 0.29) is 5.78 Å². The van der Waals surface area contributed by atoms with Crippen molar-refractivity contribution in [2.75, 3.05) is 32.7 Å². The number of sulfonamides is 1. The van der Waals surface area contributed by atoms with Gasteiger partial charge in [0, 0.05) is 39.4 Å². The van der Waals surface area contributed by atoms with Crippen LogP contribution < -0.4 is 0 Å². The van der Waals surface area contributed by atoms with Crippen LogP contribution in [0.15, 0.2) is 53.6 Å². The Labute approximate surface area is 142 Å². The van der Waals surface area contributed by atoms with Crippen molar-refractivity contribution in [2.45, 2.75) is 4.90 Å². The molecule has 24 heavy (non-hydrogen) atoms. The van der Waals surface area contributed by atoms with Crippen LogP contribution in [0.5, 0.6) is 0 Å². The van der Waals surface area contributed by atoms with Crippen LogP contribution in [0.3, 0.4) is 0 Å². The van der Waals surface area contributed by atoms with E-state index < -0.39 is 10.0 Å². The van der Waals surface area contributed by atoms with Gasteiger partial charge in [-0.3, -0.25) is 9.69 Å². The fraction of sp³-hybridized carbons (Fsp3) is 0.353. The van der Waals surface area contributed by atoms with Crippen molar-refractivity contribution in [3.63, 3.8) is 0 Å². The topological polar surface area (TPSA) is 62.6 Å². The molecule has 1 aromatic carbocycles. The molecule has 2 heterocycles. The van der Waals surface area contributed by atoms with E-state index in [1.165, 1.54) is 4.31 Å². The first-order valence-electron chi connectivity index (χ1n) is 7.90. The number of hydrogen-bond acceptors (Lipinski definition) is 4. The summed E-state index contributed by atoms with van der Waals surface area (Å²) in [6.07, 6.45) is 1.84. The summed E-state index contributed by atoms with van der Waals surface area (Å²) in [6.45, 7) is 2.23. The van der Waals surface area contributed by atoms with E-state index in [9.17, 15) is 13.2 Å². The van der Waals surface area contributed by atoms with Gasteiger partial charge in [0.2, 0.25) is 10.0 Å². The highest BCUT2D eigenvalue weighted by molar-refractivity contribution is 7.89. The lowest BCUT2D eigenvalue weighted by molar-refractivity contribution is 0.0893. The molecule has 2 aromatic rings. The third-order valence-electron chi connectivity index (χ3n) is 4.31. The van der Waals surface area contributed by atoms with Crippen molar-refractivity contribution in [2.24, 2.45) is 7.05 Å². The van der Waals surface area contributed by atoms with Gasteiger partial charge in [-0.2, -0.15) is 4.31 Å². The molecule has 0 saturated carbocycles. The summed E-state index contributed by atoms with van der Waals surface area (Å²) < 4.78 is 28.5. The van der Waals surface area contributed by atoms with Crippen molar-refractivity contribution in [1.82, 2.24) is 13.8 Å². The molecule has 0 amide bonds. The number of carbonyl (C=O) groups is 1. The highest BCUT2D eigenvalue weighted by atomic mass is 32.2. The minimum Gasteiger partial charge on any atom is -0.348 e. The Balaban J connectivity index is 1.60. The average Bonchev–Trinajstić information content (AvgIpc) is 3.02. The second-order valence-corrected chi connectivity index (χ2v) is 7.86. The molecule has 0 atom stereocenters. The van der Waals surface area contributed by atoms with Gasteiger partial charge in [0.25, 0.3) is 0 Å². The maximum atomic E-state index is 12.6. The summed E-state index contributed by atoms with van der Waals surface area (Å²) in [7, 11) is -1.60. The summed E-state index contributed by atoms with van der Waals surface area (Å²) in [5, 5.41) is 0. The zero-order valence-corrected chi connectivity index (χ0v) is 14.4. The summed E-state index contributed by atoms with van der Waals surface area (Å²) in [4.78, 5) is 14.6. The van der Waals surface area contributed by atoms with Gasteiger partial charge in [-0.1, -0.05) is 18.2 Å². The van der Waals surface area contributed by atoms with Gasteiger partial charge in [-0.05, 0) is 24.3 Å². The van der Waals surface area contributed by atoms with Gasteiger partial charge in [-0.25, -0.2) is 8.42 Å². The predicted molar refractivity (Wildman–Crippen MR) is 91.4 cm³/mol. The highest BCUT2D eigenvalue weighted by Gasteiger charge is 2.29. The SMILES string of the molecule is Cn1cccc1C(=O)CN1CCN(S(=O)(=O)c2ccccc2)CC1. The molecule has 6 nitrogen and oxygen atoms in total. The van der Waals surface area contributed by atoms with Gasteiger partial charge in [-0.15, -0.1) is 0 Å². The number of ketones is 1. The molecule has 0 N–H and O–H groups in total. The van der Waals surface area contributed by atoms with E-state index in [0.29, 0.717) is 43.3 Å². The Hall–Kier alpha value is -1.96. The van der Waals surface area contributed by atoms with Gasteiger partial charge >= 0.3 is 0 Å². The molecular formula is C17H21N3O3S. The summed E-state index contributed by atoms with van der Waals surface area (Å²) >= 11 is 0. The number of Topliss-reactive ketones (excluding diaryl/α,β-unsaturated/α-hetero) is 1. The van der Waals surface area contributed by atoms with E-state index >= 15 is 0 Å². The molecule has 7 heteroatoms. The monoisotopic (exact) mass is 347 g/mol. The Morgan fingerprint density at radius 2 is 1.67 bits per heavy atom. The van der Waals surface area contributed by atoms with Crippen LogP contribution in [-0.2, 0) is 17.1 Å². The Morgan fingerprint density at radius 1 is 1.00 bits per heavy atom. The fourth-order valence-electron chi connectivity index (χ4n) is 2.90. The molecule has 1 saturated heterocycles. The van der Waals surface area contributed by atoms with E-state index in [1.807, 2.05) is 24.2 Å². The molecule has 0 unspecified atom stereocenters. The number of carbonyl (C=O) groups excluding carboxylic acids is 1. The molecule has 128 valence electrons. The van der Waals surface area contributed by atoms with Crippen LogP contribution in [0.1, 0.15) is 10.5 Å². The standard InChI is InChI=1S/C17H21N3O3S/c1-18-9-5-8-16(18)17(21)14-19-10-12-20(13-11-19)24(22,23)15-6-3-2-4-7-15/h2-9H,10-14H2,1H3. The maximum absolute atomic E-state index is 12.6. The van der Waals surface area contributed by atoms with Gasteiger partial charge < -0.3 is 4.57 Å². The summed E-state index contributed by atoms with van der Waals surface area (Å²) in [5.74, 6) is 0.0573. The van der Waals surface area contributed by atoms with Crippen molar-refractivity contribution in [3.8, 4) is 0 Å². The lowest BCUT2D eigenvalue weighted by Crippen LogP contribution is -2.49. The molecule has 1 aliphatic heterocycles. The Kier molecular flexibility index (Phi) is 4.84. The molecule has 3 rings (SSSR count). The lowest BCUT2D eigenvalue weighted by atomic mass is 10.2. The number of aryl methyl sites for hydroxylation is 1. The quantitative estimate of drug-likeness (QED) is 0.763. The van der Waals surface area contributed by atoms with Gasteiger partial charge in [0.15, 0.2) is 5.78 Å². The van der Waals surface area contributed by atoms with Crippen molar-refractivity contribution >= 4 is 15.8 Å². The number of rotatable bonds is 5. The third kappa shape index (κ3) is 3.43. The number of hydrogen-bond donors (Lipinski definition) is 0. The van der Waals surface area contributed by atoms with Crippen LogP contribution in [0.2, 0.25) is 0 Å². The Morgan fingerprint density at radius 3 is 2.25 bits per heavy atom. The minimum absolute atomic E-state index is 0.0573. The van der Waals surface area contributed by atoms with Crippen molar-refractivity contribution in [3.05, 3.63) is 54.4 Å². The van der Waals surface area contributed by atoms with E-state index in [4.69, 9.17) is 0 Å². The molecule has 1 fully saturated rings. The third-order valence-corrected chi connectivity index (χ3v) is 6.22. The first kappa shape index (κ1) is 16.9. The predicted octanol–water partition coefficient (Wildman–Crippen LogP) is 1.21. The second kappa shape index (κ2) is 6.88. The first-order chi connectivity index (χ1) is 11.5. The number of aromatic nitrogens is 1. The average molecular weight is 347 g/mol. The molecule has 0 spiro atoms. The Bertz CT molecular complexity index is 807. The van der Waals surface area contributed by atoms with Crippen LogP contribution in [0, 0.1) is 0 Å². The van der Waals surface area contributed by atoms with Gasteiger partial charge in [0.05, 0.1) is 17.1 Å². The van der Waals surface area contributed by atoms with Gasteiger partial charge in [0.1, 0.15) is 0 Å². The zero-order valence-electron chi connectivity index (χ0n) is 13.6. The molecule has 1 aliphatic rings. The van der Waals surface area contributed by atoms with Crippen molar-refractivity contribution in [1.29, 1.82) is 0 Å². The van der Waals surface area contributed by atoms with E-state index in [1.54, 1.807) is 41.0 Å². The molecule has 0 radical (unpaired) electrons. The number of benzene rings is 1. The molecule has 1 aromatic heterocycles. The van der Waals surface area contributed by atoms with Crippen LogP contribution in [0.25, 0.3) is 0 Å². The minimum atomic E-state index is -3.45. The summed E-state index contributed by atoms with van der Waals surface area (Å²) in [6, 6.07) is 12.1. The smallest absolute Gasteiger partial charge is 0.243 e. The summed E-state index contributed by atoms with van der Waals surface area (Å²) in [5.41, 5.74) is 0.675. The number of nitrogens with zero attached hydrogens (tertiary/aromatic N) is 3. The van der Waals surface area contributed by atoms with E-state index in [0.717, 1.165) is 0 Å². The number of piperazine rings is 1.